The van der Waals surface area contributed by atoms with Crippen LogP contribution in [0.25, 0.3) is 0 Å². The van der Waals surface area contributed by atoms with E-state index in [-0.39, 0.29) is 11.2 Å². The second-order valence-electron chi connectivity index (χ2n) is 4.04. The summed E-state index contributed by atoms with van der Waals surface area (Å²) in [6.45, 7) is 2.62. The molecule has 0 atom stereocenters. The van der Waals surface area contributed by atoms with Crippen molar-refractivity contribution in [3.63, 3.8) is 0 Å². The van der Waals surface area contributed by atoms with Gasteiger partial charge in [0.1, 0.15) is 5.82 Å². The molecule has 0 bridgehead atoms. The maximum atomic E-state index is 13.4. The Morgan fingerprint density at radius 2 is 2.14 bits per heavy atom. The summed E-state index contributed by atoms with van der Waals surface area (Å²) in [7, 11) is 0. The lowest BCUT2D eigenvalue weighted by Crippen LogP contribution is -2.21. The molecule has 0 aromatic heterocycles. The highest BCUT2D eigenvalue weighted by molar-refractivity contribution is 9.10. The second kappa shape index (κ2) is 3.31. The highest BCUT2D eigenvalue weighted by Crippen LogP contribution is 2.51. The Kier molecular flexibility index (Phi) is 2.40. The van der Waals surface area contributed by atoms with Crippen LogP contribution >= 0.6 is 15.9 Å². The molecule has 1 nitrogen and oxygen atoms in total. The number of nitrogens with two attached hydrogens (primary N) is 1. The molecule has 1 aromatic rings. The Balaban J connectivity index is 2.57. The van der Waals surface area contributed by atoms with Gasteiger partial charge in [0.05, 0.1) is 4.47 Å². The molecule has 1 aliphatic carbocycles. The van der Waals surface area contributed by atoms with E-state index in [4.69, 9.17) is 5.73 Å². The summed E-state index contributed by atoms with van der Waals surface area (Å²) in [6.07, 6.45) is 2.15. The summed E-state index contributed by atoms with van der Waals surface area (Å²) >= 11 is 3.32. The van der Waals surface area contributed by atoms with E-state index in [9.17, 15) is 4.39 Å². The molecule has 2 rings (SSSR count). The number of aryl methyl sites for hydroxylation is 1. The molecule has 0 amide bonds. The predicted molar refractivity (Wildman–Crippen MR) is 58.8 cm³/mol. The first-order valence-electron chi connectivity index (χ1n) is 4.76. The van der Waals surface area contributed by atoms with Gasteiger partial charge in [-0.2, -0.15) is 0 Å². The van der Waals surface area contributed by atoms with Crippen LogP contribution in [0, 0.1) is 12.7 Å². The quantitative estimate of drug-likeness (QED) is 0.867. The molecule has 1 fully saturated rings. The van der Waals surface area contributed by atoms with E-state index in [2.05, 4.69) is 15.9 Å². The summed E-state index contributed by atoms with van der Waals surface area (Å²) < 4.78 is 14.0. The van der Waals surface area contributed by atoms with Gasteiger partial charge in [-0.15, -0.1) is 0 Å². The highest BCUT2D eigenvalue weighted by atomic mass is 79.9. The third-order valence-electron chi connectivity index (χ3n) is 3.08. The fourth-order valence-corrected chi connectivity index (χ4v) is 2.87. The minimum atomic E-state index is -0.190. The smallest absolute Gasteiger partial charge is 0.137 e. The Hall–Kier alpha value is -0.410. The van der Waals surface area contributed by atoms with Crippen molar-refractivity contribution in [1.82, 2.24) is 0 Å². The molecule has 1 aromatic carbocycles. The van der Waals surface area contributed by atoms with E-state index >= 15 is 0 Å². The van der Waals surface area contributed by atoms with E-state index in [1.165, 1.54) is 6.07 Å². The van der Waals surface area contributed by atoms with Crippen LogP contribution in [0.5, 0.6) is 0 Å². The first-order valence-corrected chi connectivity index (χ1v) is 5.55. The minimum Gasteiger partial charge on any atom is -0.330 e. The van der Waals surface area contributed by atoms with Gasteiger partial charge in [-0.1, -0.05) is 6.07 Å². The predicted octanol–water partition coefficient (Wildman–Crippen LogP) is 2.89. The summed E-state index contributed by atoms with van der Waals surface area (Å²) in [5.74, 6) is -0.190. The maximum absolute atomic E-state index is 13.4. The van der Waals surface area contributed by atoms with Crippen molar-refractivity contribution < 1.29 is 4.39 Å². The van der Waals surface area contributed by atoms with Crippen LogP contribution in [0.1, 0.15) is 24.0 Å². The summed E-state index contributed by atoms with van der Waals surface area (Å²) in [6, 6.07) is 3.32. The van der Waals surface area contributed by atoms with E-state index in [1.807, 2.05) is 13.0 Å². The van der Waals surface area contributed by atoms with Gasteiger partial charge in [-0.05, 0) is 52.9 Å². The fourth-order valence-electron chi connectivity index (χ4n) is 2.01. The number of halogens is 2. The first kappa shape index (κ1) is 10.1. The lowest BCUT2D eigenvalue weighted by molar-refractivity contribution is 0.605. The molecule has 0 heterocycles. The molecule has 0 aliphatic heterocycles. The van der Waals surface area contributed by atoms with E-state index < -0.39 is 0 Å². The zero-order valence-corrected chi connectivity index (χ0v) is 9.70. The minimum absolute atomic E-state index is 0.0466. The molecule has 0 saturated heterocycles. The average molecular weight is 258 g/mol. The van der Waals surface area contributed by atoms with Crippen LogP contribution in [0.3, 0.4) is 0 Å². The Morgan fingerprint density at radius 1 is 1.50 bits per heavy atom. The van der Waals surface area contributed by atoms with Crippen molar-refractivity contribution in [2.24, 2.45) is 5.73 Å². The zero-order valence-electron chi connectivity index (χ0n) is 8.11. The van der Waals surface area contributed by atoms with E-state index in [0.717, 1.165) is 24.0 Å². The Morgan fingerprint density at radius 3 is 2.64 bits per heavy atom. The molecule has 1 aliphatic rings. The molecule has 0 spiro atoms. The normalized spacial score (nSPS) is 18.3. The third-order valence-corrected chi connectivity index (χ3v) is 3.85. The van der Waals surface area contributed by atoms with Crippen molar-refractivity contribution in [2.75, 3.05) is 6.54 Å². The van der Waals surface area contributed by atoms with Crippen molar-refractivity contribution >= 4 is 15.9 Å². The van der Waals surface area contributed by atoms with Crippen molar-refractivity contribution in [2.45, 2.75) is 25.2 Å². The maximum Gasteiger partial charge on any atom is 0.137 e. The number of rotatable bonds is 2. The van der Waals surface area contributed by atoms with Gasteiger partial charge in [0, 0.05) is 12.0 Å². The monoisotopic (exact) mass is 257 g/mol. The molecular formula is C11H13BrFN. The van der Waals surface area contributed by atoms with Gasteiger partial charge in [0.15, 0.2) is 0 Å². The van der Waals surface area contributed by atoms with E-state index in [0.29, 0.717) is 11.0 Å². The van der Waals surface area contributed by atoms with Gasteiger partial charge in [-0.3, -0.25) is 0 Å². The van der Waals surface area contributed by atoms with Crippen LogP contribution in [0.4, 0.5) is 4.39 Å². The number of benzene rings is 1. The fraction of sp³-hybridized carbons (Fsp3) is 0.455. The van der Waals surface area contributed by atoms with E-state index in [1.54, 1.807) is 0 Å². The molecule has 3 heteroatoms. The molecule has 76 valence electrons. The van der Waals surface area contributed by atoms with Crippen LogP contribution in [0.2, 0.25) is 0 Å². The molecule has 0 unspecified atom stereocenters. The molecule has 0 radical (unpaired) electrons. The average Bonchev–Trinajstić information content (AvgIpc) is 2.93. The molecule has 14 heavy (non-hydrogen) atoms. The van der Waals surface area contributed by atoms with Crippen molar-refractivity contribution in [3.05, 3.63) is 33.5 Å². The second-order valence-corrected chi connectivity index (χ2v) is 4.83. The van der Waals surface area contributed by atoms with Gasteiger partial charge in [-0.25, -0.2) is 4.39 Å². The van der Waals surface area contributed by atoms with Gasteiger partial charge < -0.3 is 5.73 Å². The SMILES string of the molecule is Cc1ccc(F)c(Br)c1C1(CN)CC1. The molecule has 1 saturated carbocycles. The van der Waals surface area contributed by atoms with Crippen molar-refractivity contribution in [1.29, 1.82) is 0 Å². The van der Waals surface area contributed by atoms with Gasteiger partial charge in [0.25, 0.3) is 0 Å². The van der Waals surface area contributed by atoms with Gasteiger partial charge in [0.2, 0.25) is 0 Å². The Bertz CT molecular complexity index is 372. The lowest BCUT2D eigenvalue weighted by Gasteiger charge is -2.18. The van der Waals surface area contributed by atoms with Crippen LogP contribution in [-0.2, 0) is 5.41 Å². The Labute approximate surface area is 91.6 Å². The molecular weight excluding hydrogens is 245 g/mol. The highest BCUT2D eigenvalue weighted by Gasteiger charge is 2.45. The zero-order chi connectivity index (χ0) is 10.3. The lowest BCUT2D eigenvalue weighted by atomic mass is 9.92. The van der Waals surface area contributed by atoms with Crippen molar-refractivity contribution in [3.8, 4) is 0 Å². The number of hydrogen-bond donors (Lipinski definition) is 1. The van der Waals surface area contributed by atoms with Crippen LogP contribution in [0.15, 0.2) is 16.6 Å². The summed E-state index contributed by atoms with van der Waals surface area (Å²) in [5, 5.41) is 0. The summed E-state index contributed by atoms with van der Waals surface area (Å²) in [4.78, 5) is 0. The standard InChI is InChI=1S/C11H13BrFN/c1-7-2-3-8(13)10(12)9(7)11(6-14)4-5-11/h2-3H,4-6,14H2,1H3. The summed E-state index contributed by atoms with van der Waals surface area (Å²) in [5.41, 5.74) is 7.99. The van der Waals surface area contributed by atoms with Crippen LogP contribution < -0.4 is 5.73 Å². The topological polar surface area (TPSA) is 26.0 Å². The third kappa shape index (κ3) is 1.39. The first-order chi connectivity index (χ1) is 6.60. The number of hydrogen-bond acceptors (Lipinski definition) is 1. The largest absolute Gasteiger partial charge is 0.330 e. The molecule has 2 N–H and O–H groups in total. The van der Waals surface area contributed by atoms with Crippen LogP contribution in [-0.4, -0.2) is 6.54 Å². The van der Waals surface area contributed by atoms with Gasteiger partial charge >= 0.3 is 0 Å².